The van der Waals surface area contributed by atoms with E-state index in [2.05, 4.69) is 10.3 Å². The Morgan fingerprint density at radius 2 is 2.16 bits per heavy atom. The summed E-state index contributed by atoms with van der Waals surface area (Å²) in [6, 6.07) is 7.10. The Labute approximate surface area is 109 Å². The molecule has 0 saturated heterocycles. The average molecular weight is 261 g/mol. The largest absolute Gasteiger partial charge is 0.378 e. The minimum Gasteiger partial charge on any atom is -0.378 e. The van der Waals surface area contributed by atoms with Crippen molar-refractivity contribution in [3.8, 4) is 0 Å². The summed E-state index contributed by atoms with van der Waals surface area (Å²) >= 11 is 0. The van der Waals surface area contributed by atoms with E-state index >= 15 is 0 Å². The number of aryl methyl sites for hydroxylation is 1. The Morgan fingerprint density at radius 3 is 2.79 bits per heavy atom. The molecule has 6 heteroatoms. The lowest BCUT2D eigenvalue weighted by molar-refractivity contribution is -0.384. The van der Waals surface area contributed by atoms with Gasteiger partial charge in [0.15, 0.2) is 0 Å². The Kier molecular flexibility index (Phi) is 3.70. The molecule has 1 aromatic heterocycles. The zero-order chi connectivity index (χ0) is 13.8. The van der Waals surface area contributed by atoms with Gasteiger partial charge < -0.3 is 5.32 Å². The predicted octanol–water partition coefficient (Wildman–Crippen LogP) is 3.05. The van der Waals surface area contributed by atoms with Gasteiger partial charge in [0.2, 0.25) is 0 Å². The molecule has 0 bridgehead atoms. The molecule has 0 spiro atoms. The van der Waals surface area contributed by atoms with Gasteiger partial charge in [-0.2, -0.15) is 0 Å². The molecule has 2 rings (SSSR count). The number of nitro groups is 1. The van der Waals surface area contributed by atoms with Crippen LogP contribution in [0.25, 0.3) is 0 Å². The Hall–Kier alpha value is -2.50. The number of aromatic nitrogens is 1. The highest BCUT2D eigenvalue weighted by molar-refractivity contribution is 5.52. The number of benzene rings is 1. The van der Waals surface area contributed by atoms with Crippen molar-refractivity contribution in [2.24, 2.45) is 0 Å². The monoisotopic (exact) mass is 261 g/mol. The smallest absolute Gasteiger partial charge is 0.271 e. The maximum atomic E-state index is 13.5. The minimum atomic E-state index is -0.557. The van der Waals surface area contributed by atoms with Gasteiger partial charge in [-0.25, -0.2) is 4.39 Å². The lowest BCUT2D eigenvalue weighted by Gasteiger charge is -2.07. The van der Waals surface area contributed by atoms with E-state index in [-0.39, 0.29) is 11.4 Å². The molecule has 98 valence electrons. The van der Waals surface area contributed by atoms with Crippen molar-refractivity contribution in [1.29, 1.82) is 0 Å². The number of nitro benzene ring substituents is 1. The fraction of sp³-hybridized carbons (Fsp3) is 0.154. The van der Waals surface area contributed by atoms with Crippen molar-refractivity contribution in [1.82, 2.24) is 4.98 Å². The molecular weight excluding hydrogens is 249 g/mol. The summed E-state index contributed by atoms with van der Waals surface area (Å²) in [5, 5.41) is 13.4. The molecular formula is C13H12FN3O2. The maximum Gasteiger partial charge on any atom is 0.271 e. The van der Waals surface area contributed by atoms with Gasteiger partial charge in [0.25, 0.3) is 5.69 Å². The first-order chi connectivity index (χ1) is 9.06. The SMILES string of the molecule is Cc1ccc(CNc2cc([N+](=O)[O-])ccc2F)cn1. The van der Waals surface area contributed by atoms with Crippen molar-refractivity contribution < 1.29 is 9.31 Å². The van der Waals surface area contributed by atoms with Crippen LogP contribution in [0.4, 0.5) is 15.8 Å². The number of rotatable bonds is 4. The molecule has 0 aliphatic heterocycles. The number of anilines is 1. The van der Waals surface area contributed by atoms with E-state index in [4.69, 9.17) is 0 Å². The quantitative estimate of drug-likeness (QED) is 0.678. The fourth-order valence-electron chi connectivity index (χ4n) is 1.56. The molecule has 0 amide bonds. The number of pyridine rings is 1. The highest BCUT2D eigenvalue weighted by Gasteiger charge is 2.10. The van der Waals surface area contributed by atoms with Crippen LogP contribution in [-0.4, -0.2) is 9.91 Å². The summed E-state index contributed by atoms with van der Waals surface area (Å²) in [7, 11) is 0. The van der Waals surface area contributed by atoms with Crippen LogP contribution in [0.2, 0.25) is 0 Å². The molecule has 0 atom stereocenters. The molecule has 19 heavy (non-hydrogen) atoms. The van der Waals surface area contributed by atoms with Crippen LogP contribution in [0.15, 0.2) is 36.5 Å². The van der Waals surface area contributed by atoms with Gasteiger partial charge in [-0.3, -0.25) is 15.1 Å². The van der Waals surface area contributed by atoms with Crippen molar-refractivity contribution >= 4 is 11.4 Å². The maximum absolute atomic E-state index is 13.5. The first-order valence-electron chi connectivity index (χ1n) is 5.65. The molecule has 0 aliphatic rings. The van der Waals surface area contributed by atoms with Crippen LogP contribution < -0.4 is 5.32 Å². The lowest BCUT2D eigenvalue weighted by Crippen LogP contribution is -2.02. The molecule has 1 aromatic carbocycles. The first-order valence-corrected chi connectivity index (χ1v) is 5.65. The lowest BCUT2D eigenvalue weighted by atomic mass is 10.2. The second kappa shape index (κ2) is 5.43. The van der Waals surface area contributed by atoms with Gasteiger partial charge in [0, 0.05) is 30.6 Å². The molecule has 0 unspecified atom stereocenters. The van der Waals surface area contributed by atoms with Crippen LogP contribution in [0, 0.1) is 22.9 Å². The fourth-order valence-corrected chi connectivity index (χ4v) is 1.56. The summed E-state index contributed by atoms with van der Waals surface area (Å²) in [5.74, 6) is -0.523. The molecule has 0 saturated carbocycles. The molecule has 1 heterocycles. The molecule has 2 aromatic rings. The van der Waals surface area contributed by atoms with Gasteiger partial charge in [0.05, 0.1) is 10.6 Å². The summed E-state index contributed by atoms with van der Waals surface area (Å²) in [5.41, 5.74) is 1.72. The third-order valence-electron chi connectivity index (χ3n) is 2.62. The Bertz CT molecular complexity index is 599. The van der Waals surface area contributed by atoms with E-state index in [0.29, 0.717) is 6.54 Å². The summed E-state index contributed by atoms with van der Waals surface area (Å²) in [4.78, 5) is 14.2. The molecule has 5 nitrogen and oxygen atoms in total. The Balaban J connectivity index is 2.12. The highest BCUT2D eigenvalue weighted by atomic mass is 19.1. The zero-order valence-corrected chi connectivity index (χ0v) is 10.3. The van der Waals surface area contributed by atoms with E-state index in [1.54, 1.807) is 6.20 Å². The van der Waals surface area contributed by atoms with Crippen molar-refractivity contribution in [3.05, 3.63) is 63.7 Å². The van der Waals surface area contributed by atoms with Gasteiger partial charge in [-0.15, -0.1) is 0 Å². The van der Waals surface area contributed by atoms with Crippen molar-refractivity contribution in [2.45, 2.75) is 13.5 Å². The number of non-ortho nitro benzene ring substituents is 1. The van der Waals surface area contributed by atoms with Crippen LogP contribution in [0.3, 0.4) is 0 Å². The van der Waals surface area contributed by atoms with Gasteiger partial charge in [-0.05, 0) is 24.6 Å². The number of hydrogen-bond acceptors (Lipinski definition) is 4. The van der Waals surface area contributed by atoms with E-state index < -0.39 is 10.7 Å². The third kappa shape index (κ3) is 3.25. The predicted molar refractivity (Wildman–Crippen MR) is 69.4 cm³/mol. The first kappa shape index (κ1) is 12.9. The van der Waals surface area contributed by atoms with Crippen molar-refractivity contribution in [3.63, 3.8) is 0 Å². The van der Waals surface area contributed by atoms with Gasteiger partial charge >= 0.3 is 0 Å². The summed E-state index contributed by atoms with van der Waals surface area (Å²) < 4.78 is 13.5. The number of halogens is 1. The topological polar surface area (TPSA) is 68.1 Å². The van der Waals surface area contributed by atoms with E-state index in [9.17, 15) is 14.5 Å². The standard InChI is InChI=1S/C13H12FN3O2/c1-9-2-3-10(7-15-9)8-16-13-6-11(17(18)19)4-5-12(13)14/h2-7,16H,8H2,1H3. The second-order valence-electron chi connectivity index (χ2n) is 4.08. The summed E-state index contributed by atoms with van der Waals surface area (Å²) in [6.07, 6.45) is 1.68. The van der Waals surface area contributed by atoms with E-state index in [1.807, 2.05) is 19.1 Å². The molecule has 0 aliphatic carbocycles. The molecule has 1 N–H and O–H groups in total. The summed E-state index contributed by atoms with van der Waals surface area (Å²) in [6.45, 7) is 2.23. The second-order valence-corrected chi connectivity index (χ2v) is 4.08. The van der Waals surface area contributed by atoms with E-state index in [1.165, 1.54) is 6.07 Å². The van der Waals surface area contributed by atoms with Crippen LogP contribution in [0.5, 0.6) is 0 Å². The average Bonchev–Trinajstić information content (AvgIpc) is 2.39. The Morgan fingerprint density at radius 1 is 1.37 bits per heavy atom. The highest BCUT2D eigenvalue weighted by Crippen LogP contribution is 2.21. The molecule has 0 radical (unpaired) electrons. The number of hydrogen-bond donors (Lipinski definition) is 1. The molecule has 0 fully saturated rings. The third-order valence-corrected chi connectivity index (χ3v) is 2.62. The zero-order valence-electron chi connectivity index (χ0n) is 10.3. The van der Waals surface area contributed by atoms with Crippen LogP contribution >= 0.6 is 0 Å². The number of nitrogens with zero attached hydrogens (tertiary/aromatic N) is 2. The normalized spacial score (nSPS) is 10.2. The van der Waals surface area contributed by atoms with Gasteiger partial charge in [-0.1, -0.05) is 6.07 Å². The van der Waals surface area contributed by atoms with Crippen LogP contribution in [-0.2, 0) is 6.54 Å². The van der Waals surface area contributed by atoms with Crippen LogP contribution in [0.1, 0.15) is 11.3 Å². The van der Waals surface area contributed by atoms with Crippen molar-refractivity contribution in [2.75, 3.05) is 5.32 Å². The van der Waals surface area contributed by atoms with E-state index in [0.717, 1.165) is 23.4 Å². The van der Waals surface area contributed by atoms with Gasteiger partial charge in [0.1, 0.15) is 5.82 Å². The minimum absolute atomic E-state index is 0.106. The number of nitrogens with one attached hydrogen (secondary N) is 1.